The molecule has 0 aliphatic heterocycles. The number of aryl methyl sites for hydroxylation is 2. The van der Waals surface area contributed by atoms with Crippen LogP contribution >= 0.6 is 0 Å². The second-order valence-corrected chi connectivity index (χ2v) is 1.96. The molecule has 1 heterocycles. The molecular weight excluding hydrogens is 146 g/mol. The van der Waals surface area contributed by atoms with Gasteiger partial charge in [0.2, 0.25) is 0 Å². The predicted octanol–water partition coefficient (Wildman–Crippen LogP) is 3.64. The lowest BCUT2D eigenvalue weighted by Crippen LogP contribution is -1.90. The Balaban J connectivity index is 0. The number of hydrogen-bond acceptors (Lipinski definition) is 0. The van der Waals surface area contributed by atoms with Gasteiger partial charge in [-0.05, 0) is 18.6 Å². The zero-order valence-corrected chi connectivity index (χ0v) is 9.39. The molecule has 0 aliphatic carbocycles. The van der Waals surface area contributed by atoms with E-state index in [-0.39, 0.29) is 0 Å². The molecule has 0 bridgehead atoms. The Labute approximate surface area is 77.4 Å². The summed E-state index contributed by atoms with van der Waals surface area (Å²) in [6, 6.07) is 4.21. The Hall–Kier alpha value is -0.720. The molecule has 0 atom stereocenters. The van der Waals surface area contributed by atoms with Crippen molar-refractivity contribution in [2.75, 3.05) is 0 Å². The molecule has 1 nitrogen and oxygen atoms in total. The van der Waals surface area contributed by atoms with Crippen molar-refractivity contribution in [2.24, 2.45) is 7.05 Å². The van der Waals surface area contributed by atoms with Crippen molar-refractivity contribution in [1.82, 2.24) is 4.57 Å². The van der Waals surface area contributed by atoms with E-state index in [2.05, 4.69) is 36.9 Å². The van der Waals surface area contributed by atoms with Gasteiger partial charge in [0.1, 0.15) is 0 Å². The maximum absolute atomic E-state index is 2.16. The Morgan fingerprint density at radius 2 is 1.67 bits per heavy atom. The standard InChI is InChI=1S/C7H11N.2C2H6/c1-3-7-5-4-6-8(7)2;2*1-2/h4-6H,3H2,1-2H3;2*1-2H3. The molecule has 0 radical (unpaired) electrons. The van der Waals surface area contributed by atoms with Crippen LogP contribution in [0.15, 0.2) is 18.3 Å². The molecule has 0 fully saturated rings. The van der Waals surface area contributed by atoms with E-state index >= 15 is 0 Å². The van der Waals surface area contributed by atoms with E-state index in [1.807, 2.05) is 27.7 Å². The van der Waals surface area contributed by atoms with Crippen LogP contribution in [0.5, 0.6) is 0 Å². The maximum atomic E-state index is 2.16. The van der Waals surface area contributed by atoms with Gasteiger partial charge in [-0.2, -0.15) is 0 Å². The molecule has 12 heavy (non-hydrogen) atoms. The molecule has 0 saturated carbocycles. The number of nitrogens with zero attached hydrogens (tertiary/aromatic N) is 1. The Morgan fingerprint density at radius 1 is 1.17 bits per heavy atom. The van der Waals surface area contributed by atoms with E-state index in [0.29, 0.717) is 0 Å². The van der Waals surface area contributed by atoms with Crippen LogP contribution in [-0.4, -0.2) is 4.57 Å². The Morgan fingerprint density at radius 3 is 1.83 bits per heavy atom. The van der Waals surface area contributed by atoms with Crippen molar-refractivity contribution in [3.63, 3.8) is 0 Å². The van der Waals surface area contributed by atoms with Crippen LogP contribution in [0.4, 0.5) is 0 Å². The van der Waals surface area contributed by atoms with Crippen LogP contribution in [0, 0.1) is 0 Å². The van der Waals surface area contributed by atoms with Gasteiger partial charge in [-0.25, -0.2) is 0 Å². The highest BCUT2D eigenvalue weighted by molar-refractivity contribution is 5.05. The summed E-state index contributed by atoms with van der Waals surface area (Å²) in [5, 5.41) is 0. The van der Waals surface area contributed by atoms with Gasteiger partial charge in [-0.3, -0.25) is 0 Å². The lowest BCUT2D eigenvalue weighted by molar-refractivity contribution is 0.838. The summed E-state index contributed by atoms with van der Waals surface area (Å²) in [5.41, 5.74) is 1.39. The number of rotatable bonds is 1. The van der Waals surface area contributed by atoms with Gasteiger partial charge in [0.25, 0.3) is 0 Å². The van der Waals surface area contributed by atoms with Crippen LogP contribution in [0.3, 0.4) is 0 Å². The quantitative estimate of drug-likeness (QED) is 0.605. The highest BCUT2D eigenvalue weighted by Crippen LogP contribution is 1.98. The van der Waals surface area contributed by atoms with Crippen LogP contribution in [0.25, 0.3) is 0 Å². The lowest BCUT2D eigenvalue weighted by Gasteiger charge is -1.95. The van der Waals surface area contributed by atoms with Gasteiger partial charge in [0.15, 0.2) is 0 Å². The van der Waals surface area contributed by atoms with E-state index < -0.39 is 0 Å². The van der Waals surface area contributed by atoms with Crippen LogP contribution in [0.1, 0.15) is 40.3 Å². The summed E-state index contributed by atoms with van der Waals surface area (Å²) in [4.78, 5) is 0. The number of hydrogen-bond donors (Lipinski definition) is 0. The minimum atomic E-state index is 1.13. The molecule has 0 aliphatic rings. The Kier molecular flexibility index (Phi) is 11.9. The zero-order valence-electron chi connectivity index (χ0n) is 9.39. The first-order chi connectivity index (χ1) is 5.84. The topological polar surface area (TPSA) is 4.93 Å². The van der Waals surface area contributed by atoms with Crippen LogP contribution < -0.4 is 0 Å². The normalized spacial score (nSPS) is 7.50. The molecule has 0 amide bonds. The first-order valence-electron chi connectivity index (χ1n) is 4.95. The van der Waals surface area contributed by atoms with E-state index in [4.69, 9.17) is 0 Å². The second kappa shape index (κ2) is 10.3. The van der Waals surface area contributed by atoms with Gasteiger partial charge >= 0.3 is 0 Å². The lowest BCUT2D eigenvalue weighted by atomic mass is 10.3. The highest BCUT2D eigenvalue weighted by Gasteiger charge is 1.88. The van der Waals surface area contributed by atoms with Gasteiger partial charge in [0.05, 0.1) is 0 Å². The summed E-state index contributed by atoms with van der Waals surface area (Å²) in [5.74, 6) is 0. The van der Waals surface area contributed by atoms with Crippen molar-refractivity contribution < 1.29 is 0 Å². The average molecular weight is 169 g/mol. The molecule has 0 saturated heterocycles. The minimum Gasteiger partial charge on any atom is -0.354 e. The van der Waals surface area contributed by atoms with E-state index in [0.717, 1.165) is 6.42 Å². The molecule has 0 N–H and O–H groups in total. The highest BCUT2D eigenvalue weighted by atomic mass is 14.9. The summed E-state index contributed by atoms with van der Waals surface area (Å²) in [7, 11) is 2.07. The summed E-state index contributed by atoms with van der Waals surface area (Å²) in [6.45, 7) is 10.2. The maximum Gasteiger partial charge on any atom is 0.0169 e. The monoisotopic (exact) mass is 169 g/mol. The summed E-state index contributed by atoms with van der Waals surface area (Å²) >= 11 is 0. The Bertz CT molecular complexity index is 165. The largest absolute Gasteiger partial charge is 0.354 e. The van der Waals surface area contributed by atoms with Gasteiger partial charge in [-0.15, -0.1) is 0 Å². The zero-order chi connectivity index (χ0) is 9.98. The van der Waals surface area contributed by atoms with Crippen molar-refractivity contribution in [1.29, 1.82) is 0 Å². The van der Waals surface area contributed by atoms with Gasteiger partial charge in [0, 0.05) is 18.9 Å². The van der Waals surface area contributed by atoms with Crippen molar-refractivity contribution in [3.8, 4) is 0 Å². The fourth-order valence-corrected chi connectivity index (χ4v) is 0.864. The molecule has 0 aromatic carbocycles. The third kappa shape index (κ3) is 5.00. The van der Waals surface area contributed by atoms with E-state index in [1.165, 1.54) is 5.69 Å². The molecule has 0 spiro atoms. The fraction of sp³-hybridized carbons (Fsp3) is 0.636. The van der Waals surface area contributed by atoms with Gasteiger partial charge in [-0.1, -0.05) is 34.6 Å². The van der Waals surface area contributed by atoms with E-state index in [1.54, 1.807) is 0 Å². The van der Waals surface area contributed by atoms with Crippen LogP contribution in [-0.2, 0) is 13.5 Å². The third-order valence-electron chi connectivity index (χ3n) is 1.41. The summed E-state index contributed by atoms with van der Waals surface area (Å²) < 4.78 is 2.14. The van der Waals surface area contributed by atoms with Crippen molar-refractivity contribution in [3.05, 3.63) is 24.0 Å². The smallest absolute Gasteiger partial charge is 0.0169 e. The van der Waals surface area contributed by atoms with Crippen molar-refractivity contribution >= 4 is 0 Å². The minimum absolute atomic E-state index is 1.13. The molecule has 1 aromatic heterocycles. The van der Waals surface area contributed by atoms with Crippen LogP contribution in [0.2, 0.25) is 0 Å². The molecule has 1 rings (SSSR count). The molecule has 0 unspecified atom stereocenters. The molecule has 1 aromatic rings. The van der Waals surface area contributed by atoms with Crippen molar-refractivity contribution in [2.45, 2.75) is 41.0 Å². The first-order valence-corrected chi connectivity index (χ1v) is 4.95. The third-order valence-corrected chi connectivity index (χ3v) is 1.41. The second-order valence-electron chi connectivity index (χ2n) is 1.96. The summed E-state index contributed by atoms with van der Waals surface area (Å²) in [6.07, 6.45) is 3.20. The first kappa shape index (κ1) is 13.8. The van der Waals surface area contributed by atoms with E-state index in [9.17, 15) is 0 Å². The molecule has 1 heteroatoms. The predicted molar refractivity (Wildman–Crippen MR) is 57.5 cm³/mol. The number of aromatic nitrogens is 1. The van der Waals surface area contributed by atoms with Gasteiger partial charge < -0.3 is 4.57 Å². The molecular formula is C11H23N. The SMILES string of the molecule is CC.CC.CCc1cccn1C. The molecule has 72 valence electrons. The fourth-order valence-electron chi connectivity index (χ4n) is 0.864. The average Bonchev–Trinajstić information content (AvgIpc) is 2.58.